The van der Waals surface area contributed by atoms with Gasteiger partial charge in [-0.15, -0.1) is 0 Å². The number of rotatable bonds is 6. The minimum absolute atomic E-state index is 0.461. The lowest BCUT2D eigenvalue weighted by atomic mass is 10.1. The third-order valence-corrected chi connectivity index (χ3v) is 2.55. The maximum atomic E-state index is 10.9. The molecule has 88 valence electrons. The lowest BCUT2D eigenvalue weighted by Gasteiger charge is -2.14. The summed E-state index contributed by atoms with van der Waals surface area (Å²) in [6.45, 7) is 4.53. The fourth-order valence-corrected chi connectivity index (χ4v) is 1.54. The Morgan fingerprint density at radius 2 is 2.38 bits per heavy atom. The van der Waals surface area contributed by atoms with Gasteiger partial charge in [-0.25, -0.2) is 0 Å². The van der Waals surface area contributed by atoms with Gasteiger partial charge in [-0.3, -0.25) is 9.78 Å². The van der Waals surface area contributed by atoms with Crippen molar-refractivity contribution in [1.29, 1.82) is 0 Å². The van der Waals surface area contributed by atoms with Gasteiger partial charge in [0.15, 0.2) is 0 Å². The first-order valence-corrected chi connectivity index (χ1v) is 5.50. The molecule has 16 heavy (non-hydrogen) atoms. The first kappa shape index (κ1) is 12.6. The summed E-state index contributed by atoms with van der Waals surface area (Å²) in [6, 6.07) is 1.45. The van der Waals surface area contributed by atoms with Crippen molar-refractivity contribution >= 4 is 5.97 Å². The van der Waals surface area contributed by atoms with Crippen LogP contribution in [0.15, 0.2) is 18.5 Å². The van der Waals surface area contributed by atoms with Crippen LogP contribution >= 0.6 is 0 Å². The summed E-state index contributed by atoms with van der Waals surface area (Å²) >= 11 is 0. The van der Waals surface area contributed by atoms with E-state index in [1.807, 2.05) is 19.9 Å². The highest BCUT2D eigenvalue weighted by Gasteiger charge is 2.15. The number of hydrogen-bond acceptors (Lipinski definition) is 3. The van der Waals surface area contributed by atoms with Gasteiger partial charge >= 0.3 is 5.97 Å². The zero-order valence-electron chi connectivity index (χ0n) is 9.73. The van der Waals surface area contributed by atoms with Gasteiger partial charge < -0.3 is 10.4 Å². The average Bonchev–Trinajstić information content (AvgIpc) is 2.26. The molecule has 0 aliphatic rings. The molecular formula is C12H18N2O2. The van der Waals surface area contributed by atoms with Crippen molar-refractivity contribution in [2.75, 3.05) is 0 Å². The predicted octanol–water partition coefficient (Wildman–Crippen LogP) is 1.73. The standard InChI is InChI=1S/C12H18N2O2/c1-3-4-11(12(15)16)14-8-10-5-6-13-7-9(10)2/h5-7,11,14H,3-4,8H2,1-2H3,(H,15,16). The topological polar surface area (TPSA) is 62.2 Å². The van der Waals surface area contributed by atoms with E-state index < -0.39 is 12.0 Å². The number of aromatic nitrogens is 1. The summed E-state index contributed by atoms with van der Waals surface area (Å²) in [7, 11) is 0. The molecule has 0 aliphatic carbocycles. The number of pyridine rings is 1. The normalized spacial score (nSPS) is 12.4. The molecule has 0 bridgehead atoms. The minimum Gasteiger partial charge on any atom is -0.480 e. The predicted molar refractivity (Wildman–Crippen MR) is 62.1 cm³/mol. The summed E-state index contributed by atoms with van der Waals surface area (Å²) in [5.74, 6) is -0.784. The van der Waals surface area contributed by atoms with Gasteiger partial charge in [-0.1, -0.05) is 13.3 Å². The van der Waals surface area contributed by atoms with Crippen molar-refractivity contribution in [2.45, 2.75) is 39.3 Å². The lowest BCUT2D eigenvalue weighted by Crippen LogP contribution is -2.36. The second-order valence-electron chi connectivity index (χ2n) is 3.86. The van der Waals surface area contributed by atoms with Crippen LogP contribution < -0.4 is 5.32 Å². The van der Waals surface area contributed by atoms with Crippen molar-refractivity contribution in [3.63, 3.8) is 0 Å². The number of hydrogen-bond donors (Lipinski definition) is 2. The Balaban J connectivity index is 2.55. The monoisotopic (exact) mass is 222 g/mol. The highest BCUT2D eigenvalue weighted by molar-refractivity contribution is 5.73. The first-order chi connectivity index (χ1) is 7.65. The maximum absolute atomic E-state index is 10.9. The minimum atomic E-state index is -0.784. The van der Waals surface area contributed by atoms with Crippen LogP contribution in [0.4, 0.5) is 0 Å². The molecule has 0 spiro atoms. The summed E-state index contributed by atoms with van der Waals surface area (Å²) in [5, 5.41) is 12.0. The highest BCUT2D eigenvalue weighted by atomic mass is 16.4. The molecule has 4 nitrogen and oxygen atoms in total. The number of nitrogens with one attached hydrogen (secondary N) is 1. The molecule has 1 aromatic rings. The van der Waals surface area contributed by atoms with Crippen LogP contribution in [-0.2, 0) is 11.3 Å². The molecule has 1 heterocycles. The molecule has 0 aromatic carbocycles. The molecule has 4 heteroatoms. The van der Waals surface area contributed by atoms with Gasteiger partial charge in [-0.05, 0) is 30.5 Å². The van der Waals surface area contributed by atoms with Gasteiger partial charge in [0, 0.05) is 18.9 Å². The van der Waals surface area contributed by atoms with E-state index in [0.717, 1.165) is 17.5 Å². The van der Waals surface area contributed by atoms with Gasteiger partial charge in [0.25, 0.3) is 0 Å². The highest BCUT2D eigenvalue weighted by Crippen LogP contribution is 2.06. The molecular weight excluding hydrogens is 204 g/mol. The Morgan fingerprint density at radius 1 is 1.62 bits per heavy atom. The fourth-order valence-electron chi connectivity index (χ4n) is 1.54. The van der Waals surface area contributed by atoms with Crippen molar-refractivity contribution in [3.8, 4) is 0 Å². The molecule has 0 fully saturated rings. The molecule has 1 unspecified atom stereocenters. The number of aliphatic carboxylic acids is 1. The fraction of sp³-hybridized carbons (Fsp3) is 0.500. The number of carboxylic acids is 1. The SMILES string of the molecule is CCCC(NCc1ccncc1C)C(=O)O. The Morgan fingerprint density at radius 3 is 2.94 bits per heavy atom. The zero-order chi connectivity index (χ0) is 12.0. The second-order valence-corrected chi connectivity index (χ2v) is 3.86. The largest absolute Gasteiger partial charge is 0.480 e. The smallest absolute Gasteiger partial charge is 0.320 e. The summed E-state index contributed by atoms with van der Waals surface area (Å²) < 4.78 is 0. The van der Waals surface area contributed by atoms with Gasteiger partial charge in [0.2, 0.25) is 0 Å². The molecule has 0 aliphatic heterocycles. The van der Waals surface area contributed by atoms with Crippen molar-refractivity contribution in [1.82, 2.24) is 10.3 Å². The summed E-state index contributed by atoms with van der Waals surface area (Å²) in [4.78, 5) is 14.9. The van der Waals surface area contributed by atoms with E-state index in [4.69, 9.17) is 5.11 Å². The molecule has 2 N–H and O–H groups in total. The van der Waals surface area contributed by atoms with Crippen LogP contribution in [-0.4, -0.2) is 22.1 Å². The quantitative estimate of drug-likeness (QED) is 0.769. The molecule has 0 amide bonds. The van der Waals surface area contributed by atoms with E-state index in [-0.39, 0.29) is 0 Å². The number of carboxylic acid groups (broad SMARTS) is 1. The number of aryl methyl sites for hydroxylation is 1. The average molecular weight is 222 g/mol. The second kappa shape index (κ2) is 6.23. The van der Waals surface area contributed by atoms with Gasteiger partial charge in [0.05, 0.1) is 0 Å². The Bertz CT molecular complexity index is 353. The van der Waals surface area contributed by atoms with Crippen molar-refractivity contribution < 1.29 is 9.90 Å². The third kappa shape index (κ3) is 3.62. The zero-order valence-corrected chi connectivity index (χ0v) is 9.73. The van der Waals surface area contributed by atoms with Gasteiger partial charge in [-0.2, -0.15) is 0 Å². The first-order valence-electron chi connectivity index (χ1n) is 5.50. The summed E-state index contributed by atoms with van der Waals surface area (Å²) in [6.07, 6.45) is 5.02. The van der Waals surface area contributed by atoms with E-state index >= 15 is 0 Å². The third-order valence-electron chi connectivity index (χ3n) is 2.55. The van der Waals surface area contributed by atoms with Crippen LogP contribution in [0.2, 0.25) is 0 Å². The van der Waals surface area contributed by atoms with Crippen LogP contribution in [0.1, 0.15) is 30.9 Å². The van der Waals surface area contributed by atoms with E-state index in [1.165, 1.54) is 0 Å². The Kier molecular flexibility index (Phi) is 4.92. The van der Waals surface area contributed by atoms with Gasteiger partial charge in [0.1, 0.15) is 6.04 Å². The maximum Gasteiger partial charge on any atom is 0.320 e. The molecule has 0 saturated carbocycles. The van der Waals surface area contributed by atoms with Crippen LogP contribution in [0.3, 0.4) is 0 Å². The molecule has 0 saturated heterocycles. The van der Waals surface area contributed by atoms with E-state index in [2.05, 4.69) is 10.3 Å². The van der Waals surface area contributed by atoms with Crippen molar-refractivity contribution in [2.24, 2.45) is 0 Å². The Labute approximate surface area is 95.7 Å². The summed E-state index contributed by atoms with van der Waals surface area (Å²) in [5.41, 5.74) is 2.17. The van der Waals surface area contributed by atoms with Crippen LogP contribution in [0.25, 0.3) is 0 Å². The van der Waals surface area contributed by atoms with Crippen LogP contribution in [0, 0.1) is 6.92 Å². The lowest BCUT2D eigenvalue weighted by molar-refractivity contribution is -0.139. The van der Waals surface area contributed by atoms with E-state index in [1.54, 1.807) is 12.4 Å². The molecule has 1 rings (SSSR count). The molecule has 1 atom stereocenters. The van der Waals surface area contributed by atoms with E-state index in [9.17, 15) is 4.79 Å². The number of nitrogens with zero attached hydrogens (tertiary/aromatic N) is 1. The molecule has 0 radical (unpaired) electrons. The van der Waals surface area contributed by atoms with Crippen LogP contribution in [0.5, 0.6) is 0 Å². The van der Waals surface area contributed by atoms with E-state index in [0.29, 0.717) is 13.0 Å². The Hall–Kier alpha value is -1.42. The number of carbonyl (C=O) groups is 1. The molecule has 1 aromatic heterocycles. The van der Waals surface area contributed by atoms with Crippen molar-refractivity contribution in [3.05, 3.63) is 29.6 Å².